The highest BCUT2D eigenvalue weighted by Crippen LogP contribution is 2.29. The minimum absolute atomic E-state index is 0.677. The SMILES string of the molecule is CCCOc1cc(CNc2ccccc2Cl)ccc1OC. The molecule has 0 fully saturated rings. The molecule has 0 aliphatic carbocycles. The standard InChI is InChI=1S/C17H20ClNO2/c1-3-10-21-17-11-13(8-9-16(17)20-2)12-19-15-7-5-4-6-14(15)18/h4-9,11,19H,3,10,12H2,1-2H3. The van der Waals surface area contributed by atoms with Crippen LogP contribution in [0.4, 0.5) is 5.69 Å². The molecule has 2 aromatic rings. The first-order chi connectivity index (χ1) is 10.2. The highest BCUT2D eigenvalue weighted by Gasteiger charge is 2.06. The highest BCUT2D eigenvalue weighted by atomic mass is 35.5. The van der Waals surface area contributed by atoms with Crippen molar-refractivity contribution in [3.63, 3.8) is 0 Å². The second-order valence-corrected chi connectivity index (χ2v) is 5.07. The average Bonchev–Trinajstić information content (AvgIpc) is 2.52. The summed E-state index contributed by atoms with van der Waals surface area (Å²) in [6.07, 6.45) is 0.964. The van der Waals surface area contributed by atoms with Crippen molar-refractivity contribution in [2.45, 2.75) is 19.9 Å². The molecular formula is C17H20ClNO2. The normalized spacial score (nSPS) is 10.2. The van der Waals surface area contributed by atoms with Gasteiger partial charge in [-0.15, -0.1) is 0 Å². The predicted octanol–water partition coefficient (Wildman–Crippen LogP) is 4.75. The zero-order chi connectivity index (χ0) is 15.1. The fourth-order valence-electron chi connectivity index (χ4n) is 1.96. The topological polar surface area (TPSA) is 30.5 Å². The molecule has 112 valence electrons. The second kappa shape index (κ2) is 7.79. The zero-order valence-corrected chi connectivity index (χ0v) is 13.1. The van der Waals surface area contributed by atoms with Gasteiger partial charge in [-0.3, -0.25) is 0 Å². The van der Waals surface area contributed by atoms with Crippen LogP contribution < -0.4 is 14.8 Å². The van der Waals surface area contributed by atoms with Crippen LogP contribution in [0.5, 0.6) is 11.5 Å². The van der Waals surface area contributed by atoms with E-state index in [-0.39, 0.29) is 0 Å². The van der Waals surface area contributed by atoms with Gasteiger partial charge in [-0.2, -0.15) is 0 Å². The van der Waals surface area contributed by atoms with Gasteiger partial charge < -0.3 is 14.8 Å². The summed E-state index contributed by atoms with van der Waals surface area (Å²) in [6.45, 7) is 3.43. The van der Waals surface area contributed by atoms with Gasteiger partial charge in [-0.1, -0.05) is 36.7 Å². The Morgan fingerprint density at radius 3 is 2.62 bits per heavy atom. The molecule has 3 nitrogen and oxygen atoms in total. The first-order valence-electron chi connectivity index (χ1n) is 7.02. The van der Waals surface area contributed by atoms with E-state index in [1.807, 2.05) is 42.5 Å². The number of para-hydroxylation sites is 1. The molecule has 0 heterocycles. The van der Waals surface area contributed by atoms with Gasteiger partial charge >= 0.3 is 0 Å². The summed E-state index contributed by atoms with van der Waals surface area (Å²) < 4.78 is 11.0. The maximum atomic E-state index is 6.13. The van der Waals surface area contributed by atoms with E-state index in [9.17, 15) is 0 Å². The number of ether oxygens (including phenoxy) is 2. The minimum Gasteiger partial charge on any atom is -0.493 e. The molecule has 21 heavy (non-hydrogen) atoms. The van der Waals surface area contributed by atoms with Crippen LogP contribution in [0, 0.1) is 0 Å². The molecule has 4 heteroatoms. The maximum Gasteiger partial charge on any atom is 0.161 e. The Labute approximate surface area is 130 Å². The Morgan fingerprint density at radius 1 is 1.10 bits per heavy atom. The lowest BCUT2D eigenvalue weighted by Gasteiger charge is -2.13. The Bertz CT molecular complexity index is 587. The van der Waals surface area contributed by atoms with Gasteiger partial charge in [0.05, 0.1) is 24.4 Å². The van der Waals surface area contributed by atoms with Crippen molar-refractivity contribution in [3.8, 4) is 11.5 Å². The van der Waals surface area contributed by atoms with E-state index in [1.54, 1.807) is 7.11 Å². The number of halogens is 1. The van der Waals surface area contributed by atoms with Crippen LogP contribution in [-0.4, -0.2) is 13.7 Å². The number of rotatable bonds is 7. The Morgan fingerprint density at radius 2 is 1.90 bits per heavy atom. The number of hydrogen-bond acceptors (Lipinski definition) is 3. The quantitative estimate of drug-likeness (QED) is 0.800. The summed E-state index contributed by atoms with van der Waals surface area (Å²) in [5.74, 6) is 1.53. The van der Waals surface area contributed by atoms with Crippen LogP contribution in [0.15, 0.2) is 42.5 Å². The summed E-state index contributed by atoms with van der Waals surface area (Å²) in [4.78, 5) is 0. The summed E-state index contributed by atoms with van der Waals surface area (Å²) >= 11 is 6.13. The van der Waals surface area contributed by atoms with Crippen LogP contribution >= 0.6 is 11.6 Å². The van der Waals surface area contributed by atoms with E-state index >= 15 is 0 Å². The van der Waals surface area contributed by atoms with Gasteiger partial charge in [0.25, 0.3) is 0 Å². The van der Waals surface area contributed by atoms with Crippen LogP contribution in [-0.2, 0) is 6.54 Å². The number of benzene rings is 2. The third-order valence-corrected chi connectivity index (χ3v) is 3.38. The van der Waals surface area contributed by atoms with Crippen molar-refractivity contribution in [1.29, 1.82) is 0 Å². The molecule has 0 amide bonds. The molecule has 0 radical (unpaired) electrons. The van der Waals surface area contributed by atoms with Crippen LogP contribution in [0.3, 0.4) is 0 Å². The lowest BCUT2D eigenvalue weighted by molar-refractivity contribution is 0.294. The maximum absolute atomic E-state index is 6.13. The predicted molar refractivity (Wildman–Crippen MR) is 87.6 cm³/mol. The third kappa shape index (κ3) is 4.30. The van der Waals surface area contributed by atoms with Crippen molar-refractivity contribution in [2.24, 2.45) is 0 Å². The van der Waals surface area contributed by atoms with E-state index in [0.29, 0.717) is 18.2 Å². The Hall–Kier alpha value is -1.87. The van der Waals surface area contributed by atoms with Crippen molar-refractivity contribution < 1.29 is 9.47 Å². The fourth-order valence-corrected chi connectivity index (χ4v) is 2.16. The van der Waals surface area contributed by atoms with E-state index in [1.165, 1.54) is 0 Å². The number of nitrogens with one attached hydrogen (secondary N) is 1. The third-order valence-electron chi connectivity index (χ3n) is 3.05. The largest absolute Gasteiger partial charge is 0.493 e. The van der Waals surface area contributed by atoms with E-state index in [2.05, 4.69) is 12.2 Å². The molecule has 0 bridgehead atoms. The average molecular weight is 306 g/mol. The Balaban J connectivity index is 2.08. The van der Waals surface area contributed by atoms with E-state index < -0.39 is 0 Å². The molecule has 0 saturated heterocycles. The van der Waals surface area contributed by atoms with Crippen molar-refractivity contribution in [1.82, 2.24) is 0 Å². The first kappa shape index (κ1) is 15.5. The molecule has 0 spiro atoms. The molecular weight excluding hydrogens is 286 g/mol. The summed E-state index contributed by atoms with van der Waals surface area (Å²) in [5.41, 5.74) is 2.04. The van der Waals surface area contributed by atoms with Gasteiger partial charge in [0.1, 0.15) is 0 Å². The lowest BCUT2D eigenvalue weighted by Crippen LogP contribution is -2.02. The molecule has 0 saturated carbocycles. The second-order valence-electron chi connectivity index (χ2n) is 4.67. The first-order valence-corrected chi connectivity index (χ1v) is 7.40. The van der Waals surface area contributed by atoms with Crippen LogP contribution in [0.1, 0.15) is 18.9 Å². The molecule has 0 atom stereocenters. The van der Waals surface area contributed by atoms with Gasteiger partial charge in [0.2, 0.25) is 0 Å². The van der Waals surface area contributed by atoms with Gasteiger partial charge in [0, 0.05) is 6.54 Å². The van der Waals surface area contributed by atoms with E-state index in [0.717, 1.165) is 29.2 Å². The zero-order valence-electron chi connectivity index (χ0n) is 12.4. The lowest BCUT2D eigenvalue weighted by atomic mass is 10.2. The van der Waals surface area contributed by atoms with Crippen LogP contribution in [0.2, 0.25) is 5.02 Å². The van der Waals surface area contributed by atoms with Gasteiger partial charge in [-0.05, 0) is 36.2 Å². The molecule has 1 N–H and O–H groups in total. The summed E-state index contributed by atoms with van der Waals surface area (Å²) in [5, 5.41) is 4.04. The molecule has 0 aromatic heterocycles. The molecule has 0 aliphatic rings. The van der Waals surface area contributed by atoms with Crippen molar-refractivity contribution in [2.75, 3.05) is 19.0 Å². The summed E-state index contributed by atoms with van der Waals surface area (Å²) in [6, 6.07) is 13.6. The monoisotopic (exact) mass is 305 g/mol. The minimum atomic E-state index is 0.677. The van der Waals surface area contributed by atoms with Gasteiger partial charge in [0.15, 0.2) is 11.5 Å². The number of hydrogen-bond donors (Lipinski definition) is 1. The molecule has 2 aromatic carbocycles. The van der Waals surface area contributed by atoms with Gasteiger partial charge in [-0.25, -0.2) is 0 Å². The van der Waals surface area contributed by atoms with Crippen LogP contribution in [0.25, 0.3) is 0 Å². The molecule has 0 unspecified atom stereocenters. The fraction of sp³-hybridized carbons (Fsp3) is 0.294. The summed E-state index contributed by atoms with van der Waals surface area (Å²) in [7, 11) is 1.65. The number of methoxy groups -OCH3 is 1. The highest BCUT2D eigenvalue weighted by molar-refractivity contribution is 6.33. The molecule has 2 rings (SSSR count). The van der Waals surface area contributed by atoms with Crippen molar-refractivity contribution >= 4 is 17.3 Å². The van der Waals surface area contributed by atoms with E-state index in [4.69, 9.17) is 21.1 Å². The number of anilines is 1. The Kier molecular flexibility index (Phi) is 5.76. The smallest absolute Gasteiger partial charge is 0.161 e. The molecule has 0 aliphatic heterocycles. The van der Waals surface area contributed by atoms with Crippen molar-refractivity contribution in [3.05, 3.63) is 53.1 Å².